The molecule has 150 valence electrons. The lowest BCUT2D eigenvalue weighted by atomic mass is 10.1. The maximum atomic E-state index is 12.0. The molecule has 8 nitrogen and oxygen atoms in total. The Morgan fingerprint density at radius 1 is 1.11 bits per heavy atom. The van der Waals surface area contributed by atoms with E-state index >= 15 is 0 Å². The van der Waals surface area contributed by atoms with E-state index in [9.17, 15) is 4.79 Å². The lowest BCUT2D eigenvalue weighted by Gasteiger charge is -2.34. The van der Waals surface area contributed by atoms with Crippen molar-refractivity contribution in [1.82, 2.24) is 19.8 Å². The molecular weight excluding hydrogens is 346 g/mol. The lowest BCUT2D eigenvalue weighted by Crippen LogP contribution is -2.45. The summed E-state index contributed by atoms with van der Waals surface area (Å²) in [5.41, 5.74) is 0.990. The third kappa shape index (κ3) is 5.00. The molecule has 1 amide bonds. The smallest absolute Gasteiger partial charge is 0.410 e. The van der Waals surface area contributed by atoms with Crippen LogP contribution in [0.4, 0.5) is 10.6 Å². The molecule has 0 bridgehead atoms. The van der Waals surface area contributed by atoms with Gasteiger partial charge < -0.3 is 24.2 Å². The molecule has 2 saturated heterocycles. The predicted octanol–water partition coefficient (Wildman–Crippen LogP) is 1.93. The third-order valence-electron chi connectivity index (χ3n) is 5.13. The van der Waals surface area contributed by atoms with E-state index in [0.29, 0.717) is 19.0 Å². The van der Waals surface area contributed by atoms with E-state index in [4.69, 9.17) is 9.47 Å². The number of hydrogen-bond acceptors (Lipinski definition) is 7. The van der Waals surface area contributed by atoms with Crippen LogP contribution in [0.15, 0.2) is 6.33 Å². The highest BCUT2D eigenvalue weighted by atomic mass is 16.6. The summed E-state index contributed by atoms with van der Waals surface area (Å²) in [7, 11) is 2.14. The number of carbonyl (C=O) groups excluding carboxylic acids is 1. The Morgan fingerprint density at radius 2 is 1.78 bits per heavy atom. The summed E-state index contributed by atoms with van der Waals surface area (Å²) in [6.07, 6.45) is 2.87. The number of nitrogens with zero attached hydrogens (tertiary/aromatic N) is 5. The molecule has 0 spiro atoms. The number of carbonyl (C=O) groups is 1. The first-order valence-electron chi connectivity index (χ1n) is 9.81. The van der Waals surface area contributed by atoms with Gasteiger partial charge in [-0.1, -0.05) is 0 Å². The zero-order valence-corrected chi connectivity index (χ0v) is 16.8. The third-order valence-corrected chi connectivity index (χ3v) is 5.13. The van der Waals surface area contributed by atoms with Gasteiger partial charge >= 0.3 is 6.09 Å². The number of ether oxygens (including phenoxy) is 2. The van der Waals surface area contributed by atoms with Crippen molar-refractivity contribution >= 4 is 11.9 Å². The molecule has 2 aliphatic rings. The quantitative estimate of drug-likeness (QED) is 0.794. The minimum absolute atomic E-state index is 0.0574. The molecule has 1 aromatic heterocycles. The van der Waals surface area contributed by atoms with Gasteiger partial charge in [-0.25, -0.2) is 14.8 Å². The summed E-state index contributed by atoms with van der Waals surface area (Å²) >= 11 is 0. The van der Waals surface area contributed by atoms with Gasteiger partial charge in [0.2, 0.25) is 5.88 Å². The molecule has 0 unspecified atom stereocenters. The van der Waals surface area contributed by atoms with E-state index in [1.54, 1.807) is 11.2 Å². The first-order valence-corrected chi connectivity index (χ1v) is 9.81. The Kier molecular flexibility index (Phi) is 6.36. The standard InChI is InChI=1S/C19H31N5O3/c1-14(2)26-19(25)24-7-5-16(6-8-24)27-18-15(3)17(20-13-21-18)23-11-9-22(4)10-12-23/h13-14,16H,5-12H2,1-4H3. The molecule has 0 aromatic carbocycles. The Hall–Kier alpha value is -2.09. The Morgan fingerprint density at radius 3 is 2.41 bits per heavy atom. The molecule has 0 atom stereocenters. The van der Waals surface area contributed by atoms with Gasteiger partial charge in [0.15, 0.2) is 0 Å². The average Bonchev–Trinajstić information content (AvgIpc) is 2.64. The molecular formula is C19H31N5O3. The van der Waals surface area contributed by atoms with Crippen molar-refractivity contribution in [3.8, 4) is 5.88 Å². The van der Waals surface area contributed by atoms with Crippen LogP contribution in [0.1, 0.15) is 32.3 Å². The Labute approximate surface area is 161 Å². The van der Waals surface area contributed by atoms with Crippen LogP contribution in [0.5, 0.6) is 5.88 Å². The van der Waals surface area contributed by atoms with Crippen molar-refractivity contribution in [2.45, 2.75) is 45.8 Å². The van der Waals surface area contributed by atoms with Crippen LogP contribution in [-0.4, -0.2) is 84.4 Å². The van der Waals surface area contributed by atoms with Gasteiger partial charge in [-0.2, -0.15) is 0 Å². The molecule has 0 radical (unpaired) electrons. The van der Waals surface area contributed by atoms with Crippen molar-refractivity contribution in [2.75, 3.05) is 51.2 Å². The van der Waals surface area contributed by atoms with Crippen molar-refractivity contribution < 1.29 is 14.3 Å². The molecule has 2 fully saturated rings. The number of hydrogen-bond donors (Lipinski definition) is 0. The Balaban J connectivity index is 1.57. The molecule has 0 N–H and O–H groups in total. The van der Waals surface area contributed by atoms with Crippen molar-refractivity contribution in [1.29, 1.82) is 0 Å². The first-order chi connectivity index (χ1) is 12.9. The first kappa shape index (κ1) is 19.7. The molecule has 1 aromatic rings. The van der Waals surface area contributed by atoms with Crippen LogP contribution >= 0.6 is 0 Å². The number of aromatic nitrogens is 2. The zero-order valence-electron chi connectivity index (χ0n) is 16.8. The fourth-order valence-electron chi connectivity index (χ4n) is 3.47. The molecule has 8 heteroatoms. The van der Waals surface area contributed by atoms with Crippen molar-refractivity contribution in [3.63, 3.8) is 0 Å². The maximum Gasteiger partial charge on any atom is 0.410 e. The van der Waals surface area contributed by atoms with Gasteiger partial charge in [-0.3, -0.25) is 0 Å². The molecule has 3 rings (SSSR count). The van der Waals surface area contributed by atoms with Gasteiger partial charge in [-0.15, -0.1) is 0 Å². The number of likely N-dealkylation sites (tertiary alicyclic amines) is 1. The molecule has 0 aliphatic carbocycles. The molecule has 27 heavy (non-hydrogen) atoms. The summed E-state index contributed by atoms with van der Waals surface area (Å²) < 4.78 is 11.5. The predicted molar refractivity (Wildman–Crippen MR) is 103 cm³/mol. The van der Waals surface area contributed by atoms with E-state index in [2.05, 4.69) is 26.8 Å². The highest BCUT2D eigenvalue weighted by molar-refractivity contribution is 5.67. The second kappa shape index (κ2) is 8.73. The highest BCUT2D eigenvalue weighted by Gasteiger charge is 2.27. The number of anilines is 1. The van der Waals surface area contributed by atoms with E-state index in [1.807, 2.05) is 20.8 Å². The highest BCUT2D eigenvalue weighted by Crippen LogP contribution is 2.27. The van der Waals surface area contributed by atoms with Crippen molar-refractivity contribution in [2.24, 2.45) is 0 Å². The fourth-order valence-corrected chi connectivity index (χ4v) is 3.47. The fraction of sp³-hybridized carbons (Fsp3) is 0.737. The normalized spacial score (nSPS) is 19.4. The van der Waals surface area contributed by atoms with Gasteiger partial charge in [0.25, 0.3) is 0 Å². The number of amides is 1. The summed E-state index contributed by atoms with van der Waals surface area (Å²) in [4.78, 5) is 27.2. The van der Waals surface area contributed by atoms with E-state index < -0.39 is 0 Å². The average molecular weight is 377 g/mol. The molecule has 2 aliphatic heterocycles. The van der Waals surface area contributed by atoms with Crippen LogP contribution in [0.2, 0.25) is 0 Å². The summed E-state index contributed by atoms with van der Waals surface area (Å²) in [5, 5.41) is 0. The van der Waals surface area contributed by atoms with E-state index in [0.717, 1.165) is 50.4 Å². The minimum atomic E-state index is -0.237. The topological polar surface area (TPSA) is 71.0 Å². The van der Waals surface area contributed by atoms with Crippen LogP contribution in [-0.2, 0) is 4.74 Å². The number of piperidine rings is 1. The van der Waals surface area contributed by atoms with Gasteiger partial charge in [0.1, 0.15) is 18.2 Å². The molecule has 3 heterocycles. The zero-order chi connectivity index (χ0) is 19.4. The van der Waals surface area contributed by atoms with E-state index in [1.165, 1.54) is 0 Å². The number of rotatable bonds is 4. The van der Waals surface area contributed by atoms with Crippen LogP contribution in [0.3, 0.4) is 0 Å². The number of likely N-dealkylation sites (N-methyl/N-ethyl adjacent to an activating group) is 1. The van der Waals surface area contributed by atoms with Crippen molar-refractivity contribution in [3.05, 3.63) is 11.9 Å². The van der Waals surface area contributed by atoms with Gasteiger partial charge in [0, 0.05) is 52.1 Å². The summed E-state index contributed by atoms with van der Waals surface area (Å²) in [6, 6.07) is 0. The number of piperazine rings is 1. The summed E-state index contributed by atoms with van der Waals surface area (Å²) in [6.45, 7) is 11.0. The SMILES string of the molecule is Cc1c(OC2CCN(C(=O)OC(C)C)CC2)ncnc1N1CCN(C)CC1. The largest absolute Gasteiger partial charge is 0.474 e. The second-order valence-electron chi connectivity index (χ2n) is 7.65. The monoisotopic (exact) mass is 377 g/mol. The summed E-state index contributed by atoms with van der Waals surface area (Å²) in [5.74, 6) is 1.62. The van der Waals surface area contributed by atoms with E-state index in [-0.39, 0.29) is 18.3 Å². The van der Waals surface area contributed by atoms with Crippen LogP contribution in [0, 0.1) is 6.92 Å². The van der Waals surface area contributed by atoms with Crippen LogP contribution < -0.4 is 9.64 Å². The van der Waals surface area contributed by atoms with Gasteiger partial charge in [-0.05, 0) is 27.8 Å². The molecule has 0 saturated carbocycles. The lowest BCUT2D eigenvalue weighted by molar-refractivity contribution is 0.0505. The Bertz CT molecular complexity index is 638. The second-order valence-corrected chi connectivity index (χ2v) is 7.65. The van der Waals surface area contributed by atoms with Gasteiger partial charge in [0.05, 0.1) is 11.7 Å². The maximum absolute atomic E-state index is 12.0. The van der Waals surface area contributed by atoms with Crippen LogP contribution in [0.25, 0.3) is 0 Å². The minimum Gasteiger partial charge on any atom is -0.474 e.